The molecule has 0 amide bonds. The van der Waals surface area contributed by atoms with E-state index in [0.717, 1.165) is 38.8 Å². The third kappa shape index (κ3) is 4.21. The monoisotopic (exact) mass is 486 g/mol. The molecule has 4 N–H and O–H groups in total. The average Bonchev–Trinajstić information content (AvgIpc) is 2.90. The Morgan fingerprint density at radius 2 is 1.62 bits per heavy atom. The third-order valence-corrected chi connectivity index (χ3v) is 6.51. The zero-order valence-electron chi connectivity index (χ0n) is 20.6. The van der Waals surface area contributed by atoms with Gasteiger partial charge in [-0.15, -0.1) is 0 Å². The van der Waals surface area contributed by atoms with Crippen LogP contribution in [0, 0.1) is 5.41 Å². The number of anilines is 1. The molecule has 1 aliphatic carbocycles. The predicted molar refractivity (Wildman–Crippen MR) is 149 cm³/mol. The Hall–Kier alpha value is -4.90. The van der Waals surface area contributed by atoms with Gasteiger partial charge in [0.25, 0.3) is 0 Å². The van der Waals surface area contributed by atoms with Gasteiger partial charge in [-0.3, -0.25) is 0 Å². The Labute approximate surface area is 214 Å². The fourth-order valence-corrected chi connectivity index (χ4v) is 4.80. The van der Waals surface area contributed by atoms with Crippen molar-refractivity contribution >= 4 is 28.2 Å². The summed E-state index contributed by atoms with van der Waals surface area (Å²) < 4.78 is 6.30. The van der Waals surface area contributed by atoms with E-state index in [1.807, 2.05) is 86.7 Å². The number of allylic oxidation sites excluding steroid dienone is 4. The quantitative estimate of drug-likeness (QED) is 0.135. The molecule has 0 bridgehead atoms. The molecule has 1 aliphatic heterocycles. The molecule has 0 spiro atoms. The van der Waals surface area contributed by atoms with E-state index in [1.165, 1.54) is 0 Å². The highest BCUT2D eigenvalue weighted by molar-refractivity contribution is 6.09. The van der Waals surface area contributed by atoms with Crippen LogP contribution in [0.3, 0.4) is 0 Å². The number of nitrogens with one attached hydrogen (secondary N) is 1. The summed E-state index contributed by atoms with van der Waals surface area (Å²) >= 11 is 0. The van der Waals surface area contributed by atoms with E-state index in [9.17, 15) is 9.90 Å². The summed E-state index contributed by atoms with van der Waals surface area (Å²) in [5.74, 6) is -0.531. The van der Waals surface area contributed by atoms with Gasteiger partial charge in [0.2, 0.25) is 0 Å². The number of benzene rings is 4. The molecule has 5 nitrogen and oxygen atoms in total. The highest BCUT2D eigenvalue weighted by Crippen LogP contribution is 2.44. The Balaban J connectivity index is 1.98. The molecular weight excluding hydrogens is 460 g/mol. The normalized spacial score (nSPS) is 12.0. The zero-order chi connectivity index (χ0) is 26.1. The van der Waals surface area contributed by atoms with Crippen molar-refractivity contribution < 1.29 is 14.3 Å². The topological polar surface area (TPSA) is 100 Å². The first-order valence-electron chi connectivity index (χ1n) is 12.0. The number of fused-ring (bicyclic) bond motifs is 2. The molecule has 0 saturated heterocycles. The van der Waals surface area contributed by atoms with Crippen molar-refractivity contribution in [1.29, 1.82) is 5.41 Å². The van der Waals surface area contributed by atoms with Crippen LogP contribution in [0.1, 0.15) is 29.8 Å². The predicted octanol–water partition coefficient (Wildman–Crippen LogP) is 7.61. The molecule has 0 radical (unpaired) electrons. The number of aromatic carboxylic acids is 1. The SMILES string of the molecule is C/C=C\C(=C/C)c1cc2c(-c3ccccc3C(=O)O)c3cc(-c4ccccc4)c(N)cc3oc-2cc1=N. The fourth-order valence-electron chi connectivity index (χ4n) is 4.80. The number of rotatable bonds is 5. The van der Waals surface area contributed by atoms with Gasteiger partial charge in [-0.2, -0.15) is 0 Å². The summed E-state index contributed by atoms with van der Waals surface area (Å²) in [6, 6.07) is 24.1. The number of nitrogens with two attached hydrogens (primary N) is 1. The Kier molecular flexibility index (Phi) is 6.20. The smallest absolute Gasteiger partial charge is 0.336 e. The summed E-state index contributed by atoms with van der Waals surface area (Å²) in [5, 5.41) is 19.8. The number of hydrogen-bond acceptors (Lipinski definition) is 4. The first-order chi connectivity index (χ1) is 17.9. The van der Waals surface area contributed by atoms with Gasteiger partial charge in [0.05, 0.1) is 10.9 Å². The fraction of sp³-hybridized carbons (Fsp3) is 0.0625. The van der Waals surface area contributed by atoms with Gasteiger partial charge >= 0.3 is 5.97 Å². The first kappa shape index (κ1) is 23.8. The molecule has 5 rings (SSSR count). The summed E-state index contributed by atoms with van der Waals surface area (Å²) in [6.45, 7) is 3.86. The minimum Gasteiger partial charge on any atom is -0.478 e. The number of carboxylic acids is 1. The van der Waals surface area contributed by atoms with Crippen molar-refractivity contribution in [1.82, 2.24) is 0 Å². The van der Waals surface area contributed by atoms with E-state index in [1.54, 1.807) is 24.3 Å². The molecule has 0 fully saturated rings. The lowest BCUT2D eigenvalue weighted by Gasteiger charge is -2.19. The molecular formula is C32H26N2O3. The molecule has 3 aromatic rings. The standard InChI is InChI=1S/C32H26N2O3/c1-3-10-19(4-2)23-15-25-29(17-27(23)33)37-30-18-28(34)24(20-11-6-5-7-12-20)16-26(30)31(25)21-13-8-9-14-22(21)32(35)36/h3-18,33H,34H2,1-2H3,(H,35,36)/b10-3-,19-4+,33-27?. The van der Waals surface area contributed by atoms with Crippen LogP contribution in [0.5, 0.6) is 0 Å². The minimum absolute atomic E-state index is 0.186. The van der Waals surface area contributed by atoms with Gasteiger partial charge in [-0.25, -0.2) is 4.79 Å². The summed E-state index contributed by atoms with van der Waals surface area (Å²) in [7, 11) is 0. The van der Waals surface area contributed by atoms with Crippen molar-refractivity contribution in [2.75, 3.05) is 5.73 Å². The molecule has 37 heavy (non-hydrogen) atoms. The van der Waals surface area contributed by atoms with Crippen LogP contribution < -0.4 is 11.1 Å². The second-order valence-electron chi connectivity index (χ2n) is 8.77. The highest BCUT2D eigenvalue weighted by Gasteiger charge is 2.23. The number of nitrogen functional groups attached to an aromatic ring is 1. The second kappa shape index (κ2) is 9.63. The lowest BCUT2D eigenvalue weighted by Crippen LogP contribution is -2.09. The van der Waals surface area contributed by atoms with E-state index < -0.39 is 5.97 Å². The lowest BCUT2D eigenvalue weighted by molar-refractivity contribution is 0.0697. The molecule has 5 heteroatoms. The highest BCUT2D eigenvalue weighted by atomic mass is 16.4. The number of carbonyl (C=O) groups is 1. The molecule has 1 heterocycles. The summed E-state index contributed by atoms with van der Waals surface area (Å²) in [5.41, 5.74) is 13.2. The number of carboxylic acid groups (broad SMARTS) is 1. The van der Waals surface area contributed by atoms with Crippen LogP contribution in [-0.4, -0.2) is 11.1 Å². The Morgan fingerprint density at radius 3 is 2.32 bits per heavy atom. The third-order valence-electron chi connectivity index (χ3n) is 6.51. The van der Waals surface area contributed by atoms with Crippen molar-refractivity contribution in [2.45, 2.75) is 13.8 Å². The first-order valence-corrected chi connectivity index (χ1v) is 12.0. The second-order valence-corrected chi connectivity index (χ2v) is 8.77. The van der Waals surface area contributed by atoms with Gasteiger partial charge in [0.15, 0.2) is 0 Å². The van der Waals surface area contributed by atoms with Gasteiger partial charge in [-0.1, -0.05) is 66.8 Å². The van der Waals surface area contributed by atoms with Crippen molar-refractivity contribution in [3.63, 3.8) is 0 Å². The van der Waals surface area contributed by atoms with E-state index in [4.69, 9.17) is 15.6 Å². The van der Waals surface area contributed by atoms with Crippen LogP contribution in [0.2, 0.25) is 0 Å². The zero-order valence-corrected chi connectivity index (χ0v) is 20.6. The summed E-state index contributed by atoms with van der Waals surface area (Å²) in [4.78, 5) is 12.3. The van der Waals surface area contributed by atoms with Crippen LogP contribution in [-0.2, 0) is 0 Å². The maximum atomic E-state index is 12.3. The van der Waals surface area contributed by atoms with Crippen LogP contribution >= 0.6 is 0 Å². The molecule has 0 unspecified atom stereocenters. The average molecular weight is 487 g/mol. The molecule has 182 valence electrons. The van der Waals surface area contributed by atoms with Crippen molar-refractivity contribution in [3.8, 4) is 33.6 Å². The van der Waals surface area contributed by atoms with Crippen LogP contribution in [0.4, 0.5) is 5.69 Å². The Bertz CT molecular complexity index is 1740. The minimum atomic E-state index is -1.02. The van der Waals surface area contributed by atoms with Crippen LogP contribution in [0.15, 0.2) is 102 Å². The largest absolute Gasteiger partial charge is 0.478 e. The van der Waals surface area contributed by atoms with E-state index in [0.29, 0.717) is 28.0 Å². The van der Waals surface area contributed by atoms with Crippen molar-refractivity contribution in [3.05, 3.63) is 114 Å². The molecule has 3 aromatic carbocycles. The van der Waals surface area contributed by atoms with Crippen molar-refractivity contribution in [2.24, 2.45) is 0 Å². The van der Waals surface area contributed by atoms with Gasteiger partial charge in [-0.05, 0) is 48.7 Å². The number of hydrogen-bond donors (Lipinski definition) is 3. The maximum Gasteiger partial charge on any atom is 0.336 e. The summed E-state index contributed by atoms with van der Waals surface area (Å²) in [6.07, 6.45) is 5.84. The van der Waals surface area contributed by atoms with Gasteiger partial charge in [0.1, 0.15) is 11.3 Å². The van der Waals surface area contributed by atoms with E-state index in [-0.39, 0.29) is 5.56 Å². The molecule has 0 aromatic heterocycles. The van der Waals surface area contributed by atoms with E-state index >= 15 is 0 Å². The van der Waals surface area contributed by atoms with Gasteiger partial charge < -0.3 is 20.7 Å². The molecule has 0 atom stereocenters. The van der Waals surface area contributed by atoms with Crippen LogP contribution in [0.25, 0.3) is 50.1 Å². The molecule has 0 saturated carbocycles. The molecule has 2 aliphatic rings. The maximum absolute atomic E-state index is 12.3. The van der Waals surface area contributed by atoms with E-state index in [2.05, 4.69) is 0 Å². The lowest BCUT2D eigenvalue weighted by atomic mass is 9.87. The van der Waals surface area contributed by atoms with Gasteiger partial charge in [0, 0.05) is 45.5 Å². The Morgan fingerprint density at radius 1 is 0.892 bits per heavy atom.